The molecule has 2 aromatic rings. The Morgan fingerprint density at radius 1 is 1.00 bits per heavy atom. The molecule has 1 saturated heterocycles. The smallest absolute Gasteiger partial charge is 0.0234 e. The molecule has 0 spiro atoms. The Bertz CT molecular complexity index is 568. The fraction of sp³-hybridized carbons (Fsp3) is 0.333. The largest absolute Gasteiger partial charge is 0.330 e. The van der Waals surface area contributed by atoms with Gasteiger partial charge in [-0.1, -0.05) is 42.5 Å². The minimum atomic E-state index is 0.566. The highest BCUT2D eigenvalue weighted by atomic mass is 127. The third-order valence-electron chi connectivity index (χ3n) is 4.37. The highest BCUT2D eigenvalue weighted by Gasteiger charge is 2.32. The molecule has 1 heterocycles. The van der Waals surface area contributed by atoms with Crippen molar-refractivity contribution in [3.63, 3.8) is 0 Å². The van der Waals surface area contributed by atoms with Gasteiger partial charge in [-0.05, 0) is 58.3 Å². The third-order valence-corrected chi connectivity index (χ3v) is 5.09. The van der Waals surface area contributed by atoms with E-state index in [1.807, 2.05) is 0 Å². The van der Waals surface area contributed by atoms with Crippen molar-refractivity contribution in [2.75, 3.05) is 19.6 Å². The molecule has 0 bridgehead atoms. The molecule has 1 fully saturated rings. The van der Waals surface area contributed by atoms with Gasteiger partial charge in [-0.2, -0.15) is 0 Å². The quantitative estimate of drug-likeness (QED) is 0.808. The van der Waals surface area contributed by atoms with Crippen LogP contribution in [0.1, 0.15) is 17.0 Å². The van der Waals surface area contributed by atoms with E-state index >= 15 is 0 Å². The maximum atomic E-state index is 6.01. The van der Waals surface area contributed by atoms with Gasteiger partial charge in [-0.25, -0.2) is 0 Å². The summed E-state index contributed by atoms with van der Waals surface area (Å²) in [5.74, 6) is 1.14. The Morgan fingerprint density at radius 3 is 2.38 bits per heavy atom. The average molecular weight is 392 g/mol. The van der Waals surface area contributed by atoms with E-state index in [0.717, 1.165) is 26.2 Å². The first kappa shape index (κ1) is 15.0. The van der Waals surface area contributed by atoms with Gasteiger partial charge >= 0.3 is 0 Å². The number of nitrogens with zero attached hydrogens (tertiary/aromatic N) is 1. The fourth-order valence-corrected chi connectivity index (χ4v) is 3.61. The molecule has 1 aliphatic rings. The minimum absolute atomic E-state index is 0.566. The Balaban J connectivity index is 1.70. The second-order valence-electron chi connectivity index (χ2n) is 5.83. The number of likely N-dealkylation sites (tertiary alicyclic amines) is 1. The molecular weight excluding hydrogens is 371 g/mol. The predicted molar refractivity (Wildman–Crippen MR) is 96.2 cm³/mol. The van der Waals surface area contributed by atoms with E-state index in [1.54, 1.807) is 0 Å². The normalized spacial score (nSPS) is 22.6. The van der Waals surface area contributed by atoms with Crippen molar-refractivity contribution in [2.24, 2.45) is 11.7 Å². The van der Waals surface area contributed by atoms with E-state index in [9.17, 15) is 0 Å². The van der Waals surface area contributed by atoms with Gasteiger partial charge in [0.1, 0.15) is 0 Å². The highest BCUT2D eigenvalue weighted by molar-refractivity contribution is 14.1. The van der Waals surface area contributed by atoms with Crippen molar-refractivity contribution in [2.45, 2.75) is 12.5 Å². The number of hydrogen-bond acceptors (Lipinski definition) is 2. The molecule has 1 aliphatic heterocycles. The van der Waals surface area contributed by atoms with Gasteiger partial charge in [0.2, 0.25) is 0 Å². The van der Waals surface area contributed by atoms with Crippen LogP contribution in [-0.4, -0.2) is 24.5 Å². The fourth-order valence-electron chi connectivity index (χ4n) is 3.25. The molecular formula is C18H21IN2. The second-order valence-corrected chi connectivity index (χ2v) is 7.08. The number of hydrogen-bond donors (Lipinski definition) is 1. The monoisotopic (exact) mass is 392 g/mol. The first-order chi connectivity index (χ1) is 10.3. The van der Waals surface area contributed by atoms with Crippen LogP contribution in [0.5, 0.6) is 0 Å². The van der Waals surface area contributed by atoms with E-state index in [4.69, 9.17) is 5.73 Å². The first-order valence-electron chi connectivity index (χ1n) is 7.48. The SMILES string of the molecule is NC[C@@H]1CN(Cc2ccc(I)cc2)C[C@H]1c1ccccc1. The summed E-state index contributed by atoms with van der Waals surface area (Å²) in [7, 11) is 0. The predicted octanol–water partition coefficient (Wildman–Crippen LogP) is 3.47. The summed E-state index contributed by atoms with van der Waals surface area (Å²) in [6.07, 6.45) is 0. The number of benzene rings is 2. The van der Waals surface area contributed by atoms with Gasteiger partial charge in [0.05, 0.1) is 0 Å². The Morgan fingerprint density at radius 2 is 1.71 bits per heavy atom. The van der Waals surface area contributed by atoms with Gasteiger partial charge in [-0.3, -0.25) is 4.90 Å². The van der Waals surface area contributed by atoms with Crippen LogP contribution in [0.25, 0.3) is 0 Å². The Labute approximate surface area is 140 Å². The summed E-state index contributed by atoms with van der Waals surface area (Å²) < 4.78 is 1.29. The lowest BCUT2D eigenvalue weighted by atomic mass is 9.89. The third kappa shape index (κ3) is 3.65. The van der Waals surface area contributed by atoms with Crippen molar-refractivity contribution >= 4 is 22.6 Å². The van der Waals surface area contributed by atoms with Crippen LogP contribution in [0, 0.1) is 9.49 Å². The molecule has 0 aliphatic carbocycles. The van der Waals surface area contributed by atoms with Crippen LogP contribution in [0.2, 0.25) is 0 Å². The average Bonchev–Trinajstić information content (AvgIpc) is 2.93. The summed E-state index contributed by atoms with van der Waals surface area (Å²) in [5, 5.41) is 0. The topological polar surface area (TPSA) is 29.3 Å². The molecule has 0 radical (unpaired) electrons. The lowest BCUT2D eigenvalue weighted by Gasteiger charge is -2.17. The van der Waals surface area contributed by atoms with Crippen LogP contribution < -0.4 is 5.73 Å². The van der Waals surface area contributed by atoms with Crippen molar-refractivity contribution < 1.29 is 0 Å². The summed E-state index contributed by atoms with van der Waals surface area (Å²) in [6.45, 7) is 4.00. The van der Waals surface area contributed by atoms with Crippen LogP contribution in [0.3, 0.4) is 0 Å². The molecule has 21 heavy (non-hydrogen) atoms. The summed E-state index contributed by atoms with van der Waals surface area (Å²) in [6, 6.07) is 19.6. The number of rotatable bonds is 4. The van der Waals surface area contributed by atoms with Crippen molar-refractivity contribution in [3.8, 4) is 0 Å². The van der Waals surface area contributed by atoms with E-state index in [0.29, 0.717) is 11.8 Å². The molecule has 0 amide bonds. The summed E-state index contributed by atoms with van der Waals surface area (Å²) in [5.41, 5.74) is 8.83. The lowest BCUT2D eigenvalue weighted by Crippen LogP contribution is -2.23. The minimum Gasteiger partial charge on any atom is -0.330 e. The molecule has 2 aromatic carbocycles. The Kier molecular flexibility index (Phi) is 4.93. The number of nitrogens with two attached hydrogens (primary N) is 1. The van der Waals surface area contributed by atoms with Crippen molar-refractivity contribution in [3.05, 3.63) is 69.3 Å². The maximum Gasteiger partial charge on any atom is 0.0234 e. The van der Waals surface area contributed by atoms with E-state index in [-0.39, 0.29) is 0 Å². The maximum absolute atomic E-state index is 6.01. The van der Waals surface area contributed by atoms with E-state index in [2.05, 4.69) is 82.1 Å². The molecule has 0 unspecified atom stereocenters. The van der Waals surface area contributed by atoms with Gasteiger partial charge in [0, 0.05) is 29.1 Å². The highest BCUT2D eigenvalue weighted by Crippen LogP contribution is 2.32. The first-order valence-corrected chi connectivity index (χ1v) is 8.56. The van der Waals surface area contributed by atoms with Gasteiger partial charge in [0.25, 0.3) is 0 Å². The molecule has 0 saturated carbocycles. The zero-order valence-corrected chi connectivity index (χ0v) is 14.2. The zero-order chi connectivity index (χ0) is 14.7. The number of halogens is 1. The van der Waals surface area contributed by atoms with Crippen LogP contribution in [-0.2, 0) is 6.54 Å². The summed E-state index contributed by atoms with van der Waals surface area (Å²) >= 11 is 2.35. The van der Waals surface area contributed by atoms with Crippen molar-refractivity contribution in [1.82, 2.24) is 4.90 Å². The lowest BCUT2D eigenvalue weighted by molar-refractivity contribution is 0.317. The molecule has 2 nitrogen and oxygen atoms in total. The van der Waals surface area contributed by atoms with Crippen LogP contribution in [0.15, 0.2) is 54.6 Å². The van der Waals surface area contributed by atoms with Gasteiger partial charge < -0.3 is 5.73 Å². The van der Waals surface area contributed by atoms with Crippen molar-refractivity contribution in [1.29, 1.82) is 0 Å². The Hall–Kier alpha value is -0.910. The summed E-state index contributed by atoms with van der Waals surface area (Å²) in [4.78, 5) is 2.54. The van der Waals surface area contributed by atoms with Crippen LogP contribution >= 0.6 is 22.6 Å². The standard InChI is InChI=1S/C18H21IN2/c19-17-8-6-14(7-9-17)11-21-12-16(10-20)18(13-21)15-4-2-1-3-5-15/h1-9,16,18H,10-13,20H2/t16-,18+/m1/s1. The molecule has 0 aromatic heterocycles. The molecule has 2 atom stereocenters. The van der Waals surface area contributed by atoms with E-state index < -0.39 is 0 Å². The molecule has 2 N–H and O–H groups in total. The molecule has 3 rings (SSSR count). The van der Waals surface area contributed by atoms with Gasteiger partial charge in [0.15, 0.2) is 0 Å². The second kappa shape index (κ2) is 6.90. The molecule has 110 valence electrons. The van der Waals surface area contributed by atoms with E-state index in [1.165, 1.54) is 14.7 Å². The van der Waals surface area contributed by atoms with Gasteiger partial charge in [-0.15, -0.1) is 0 Å². The molecule has 3 heteroatoms. The van der Waals surface area contributed by atoms with Crippen LogP contribution in [0.4, 0.5) is 0 Å². The zero-order valence-electron chi connectivity index (χ0n) is 12.1.